The summed E-state index contributed by atoms with van der Waals surface area (Å²) < 4.78 is 55.8. The number of allylic oxidation sites excluding steroid dienone is 2. The predicted molar refractivity (Wildman–Crippen MR) is 549 cm³/mol. The maximum atomic E-state index is 14.6. The van der Waals surface area contributed by atoms with E-state index in [1.54, 1.807) is 93.8 Å². The molecule has 0 unspecified atom stereocenters. The summed E-state index contributed by atoms with van der Waals surface area (Å²) in [5, 5.41) is 1.60. The number of ether oxygens (including phenoxy) is 9. The van der Waals surface area contributed by atoms with Crippen molar-refractivity contribution in [1.82, 2.24) is 44.6 Å². The van der Waals surface area contributed by atoms with Gasteiger partial charge in [0, 0.05) is 32.8 Å². The van der Waals surface area contributed by atoms with Crippen LogP contribution in [0.2, 0.25) is 15.1 Å². The summed E-state index contributed by atoms with van der Waals surface area (Å²) in [6.45, 7) is 47.5. The Bertz CT molecular complexity index is 5810. The molecule has 6 aromatic rings. The van der Waals surface area contributed by atoms with Gasteiger partial charge >= 0.3 is 35.8 Å². The third-order valence-corrected chi connectivity index (χ3v) is 32.0. The van der Waals surface area contributed by atoms with Crippen LogP contribution in [0.4, 0.5) is 0 Å². The summed E-state index contributed by atoms with van der Waals surface area (Å²) in [6, 6.07) is 13.3. The molecule has 6 saturated carbocycles. The van der Waals surface area contributed by atoms with Crippen LogP contribution >= 0.6 is 34.8 Å². The van der Waals surface area contributed by atoms with Crippen LogP contribution < -0.4 is 14.2 Å². The normalized spacial score (nSPS) is 30.3. The van der Waals surface area contributed by atoms with E-state index in [0.29, 0.717) is 125 Å². The smallest absolute Gasteiger partial charge is 0.329 e. The summed E-state index contributed by atoms with van der Waals surface area (Å²) in [6.07, 6.45) is 22.0. The molecule has 30 heteroatoms. The number of unbranched alkanes of at least 4 members (excludes halogenated alkanes) is 1. The van der Waals surface area contributed by atoms with E-state index in [0.717, 1.165) is 94.7 Å². The van der Waals surface area contributed by atoms with Crippen LogP contribution in [0.15, 0.2) is 79.9 Å². The maximum Gasteiger partial charge on any atom is 0.329 e. The van der Waals surface area contributed by atoms with E-state index >= 15 is 0 Å². The minimum atomic E-state index is -0.941. The standard InChI is InChI=1S/C39H52ClN3O6.C37H50ClN3O6.C37H48ClN3O6/c1-10-12-13-14-25-26-17-23(26)18-31(25)47-33(44)20-27(38(4,5)6)36(45)43-21-32(22(3)34(43)37(46)49-39(7,8)9)48-35-28(11-2)41-29-16-15-24(40)19-30(29)42-35;2*1-20-30-19-41(32(20)35(44)47-37(5,6)7)34(43)25(36(2,3)4)18-31(42)45-29-16-21-15-24(21)23(29)11-9-8-10-12-27-33(46-30)40-28-17-22(38)13-14-26(28)39-27/h10-11,15-16,19,22-23,25-27,31-32,34H,1-2,12-14,17-18,20-21H2,3-9H3;13-14,17,20-21,23-25,29-30,32H,8-12,15-16,18-19H2,1-7H3;10,12-14,17,20-21,23-25,29-30,32H,8-9,11,15-16,18-19H2,1-7H3/b;;12-10+/t22-,23+,25-,26+,27-,31-,32+,34+;2*20-,21+,23-,24+,25-,29-,30+,32+/m111/s1. The Morgan fingerprint density at radius 3 is 1.48 bits per heavy atom. The molecule has 3 saturated heterocycles. The predicted octanol–water partition coefficient (Wildman–Crippen LogP) is 21.8. The molecule has 8 heterocycles. The largest absolute Gasteiger partial charge is 0.471 e. The first-order valence-electron chi connectivity index (χ1n) is 52.2. The Morgan fingerprint density at radius 2 is 0.972 bits per heavy atom. The van der Waals surface area contributed by atoms with E-state index in [9.17, 15) is 43.2 Å². The fraction of sp³-hybridized carbons (Fsp3) is 0.655. The zero-order chi connectivity index (χ0) is 104. The average molecular weight is 2030 g/mol. The van der Waals surface area contributed by atoms with Gasteiger partial charge in [-0.25, -0.2) is 44.3 Å². The molecule has 17 rings (SSSR count). The average Bonchev–Trinajstić information content (AvgIpc) is 1.60. The summed E-state index contributed by atoms with van der Waals surface area (Å²) in [5.74, 6) is -1.12. The summed E-state index contributed by atoms with van der Waals surface area (Å²) in [7, 11) is 0. The van der Waals surface area contributed by atoms with Crippen molar-refractivity contribution in [3.05, 3.63) is 112 Å². The number of rotatable bonds is 14. The van der Waals surface area contributed by atoms with Gasteiger partial charge in [0.15, 0.2) is 0 Å². The third-order valence-electron chi connectivity index (χ3n) is 31.3. The van der Waals surface area contributed by atoms with Crippen molar-refractivity contribution in [2.45, 2.75) is 345 Å². The van der Waals surface area contributed by atoms with Crippen LogP contribution in [0.5, 0.6) is 17.6 Å². The molecule has 776 valence electrons. The second kappa shape index (κ2) is 43.1. The number of carbonyl (C=O) groups excluding carboxylic acids is 9. The van der Waals surface area contributed by atoms with Crippen molar-refractivity contribution >= 4 is 134 Å². The topological polar surface area (TPSA) is 324 Å². The monoisotopic (exact) mass is 2030 g/mol. The van der Waals surface area contributed by atoms with Crippen molar-refractivity contribution in [3.8, 4) is 17.6 Å². The number of fused-ring (bicyclic) bond motifs is 16. The van der Waals surface area contributed by atoms with E-state index in [1.807, 2.05) is 134 Å². The second-order valence-corrected chi connectivity index (χ2v) is 50.0. The fourth-order valence-corrected chi connectivity index (χ4v) is 23.9. The molecule has 9 fully saturated rings. The zero-order valence-corrected chi connectivity index (χ0v) is 89.8. The van der Waals surface area contributed by atoms with E-state index in [4.69, 9.17) is 97.4 Å². The SMILES string of the molecule is C=CCCC[C@@H]1[C@H]2C[C@H]2C[C@H]1OC(=O)C[C@H](C(=O)N1C[C@H](Oc2nc3cc(Cl)ccc3nc2C=C)[C@@H](C)[C@H]1C(=O)OC(C)(C)C)C(C)(C)C.C[C@@H]1[C@@H]2CN(C(=O)[C@H](C(C)(C)C)CC(=O)O[C@@H]3C[C@@H]4C[C@@H]4[C@H]3CCC/C=C/c3nc4ccc(Cl)cc4nc3O2)[C@@H]1C(=O)OC(C)(C)C.C[C@@H]1[C@@H]2CN(C(=O)[C@H](C(C)(C)C)CC(=O)O[C@@H]3C[C@@H]4C[C@@H]4[C@H]3CCCCCc3nc4ccc(Cl)cc4nc3O2)[C@@H]1C(=O)OC(C)(C)C. The van der Waals surface area contributed by atoms with Gasteiger partial charge in [0.1, 0.15) is 88.6 Å². The first-order chi connectivity index (χ1) is 67.2. The number of esters is 6. The van der Waals surface area contributed by atoms with Gasteiger partial charge in [-0.1, -0.05) is 149 Å². The Balaban J connectivity index is 0.000000162. The minimum absolute atomic E-state index is 0.0423. The first-order valence-corrected chi connectivity index (χ1v) is 53.3. The highest BCUT2D eigenvalue weighted by atomic mass is 35.5. The number of nitrogens with zero attached hydrogens (tertiary/aromatic N) is 9. The van der Waals surface area contributed by atoms with Gasteiger partial charge < -0.3 is 57.3 Å². The molecule has 24 atom stereocenters. The third kappa shape index (κ3) is 25.8. The van der Waals surface area contributed by atoms with Gasteiger partial charge in [-0.05, 0) is 295 Å². The summed E-state index contributed by atoms with van der Waals surface area (Å²) in [4.78, 5) is 159. The van der Waals surface area contributed by atoms with E-state index in [2.05, 4.69) is 29.2 Å². The van der Waals surface area contributed by atoms with Crippen LogP contribution in [0.3, 0.4) is 0 Å². The van der Waals surface area contributed by atoms with E-state index in [-0.39, 0.29) is 98.7 Å². The minimum Gasteiger partial charge on any atom is -0.471 e. The number of aromatic nitrogens is 6. The number of halogens is 3. The molecule has 3 aromatic heterocycles. The van der Waals surface area contributed by atoms with Gasteiger partial charge in [-0.3, -0.25) is 28.8 Å². The highest BCUT2D eigenvalue weighted by Gasteiger charge is 2.60. The van der Waals surface area contributed by atoms with E-state index in [1.165, 1.54) is 24.2 Å². The van der Waals surface area contributed by atoms with Crippen LogP contribution in [-0.4, -0.2) is 189 Å². The van der Waals surface area contributed by atoms with Crippen molar-refractivity contribution in [2.75, 3.05) is 19.6 Å². The fourth-order valence-electron chi connectivity index (χ4n) is 23.4. The molecular weight excluding hydrogens is 1880 g/mol. The summed E-state index contributed by atoms with van der Waals surface area (Å²) >= 11 is 18.9. The van der Waals surface area contributed by atoms with Crippen molar-refractivity contribution in [3.63, 3.8) is 0 Å². The molecule has 27 nitrogen and oxygen atoms in total. The van der Waals surface area contributed by atoms with Crippen molar-refractivity contribution in [1.29, 1.82) is 0 Å². The number of hydrogen-bond donors (Lipinski definition) is 0. The maximum absolute atomic E-state index is 14.6. The highest BCUT2D eigenvalue weighted by molar-refractivity contribution is 6.32. The number of amides is 3. The van der Waals surface area contributed by atoms with Crippen molar-refractivity contribution < 1.29 is 85.8 Å². The Labute approximate surface area is 858 Å². The molecule has 143 heavy (non-hydrogen) atoms. The van der Waals surface area contributed by atoms with Crippen LogP contribution in [0.25, 0.3) is 45.3 Å². The lowest BCUT2D eigenvalue weighted by molar-refractivity contribution is -0.167. The van der Waals surface area contributed by atoms with Crippen LogP contribution in [-0.2, 0) is 78.0 Å². The molecular formula is C113H150Cl3N9O18. The van der Waals surface area contributed by atoms with Crippen molar-refractivity contribution in [2.24, 2.45) is 105 Å². The molecule has 0 spiro atoms. The molecule has 4 bridgehead atoms. The van der Waals surface area contributed by atoms with E-state index < -0.39 is 123 Å². The first kappa shape index (κ1) is 108. The van der Waals surface area contributed by atoms with Gasteiger partial charge in [0.2, 0.25) is 35.4 Å². The molecule has 3 aromatic carbocycles. The quantitative estimate of drug-likeness (QED) is 0.0423. The summed E-state index contributed by atoms with van der Waals surface area (Å²) in [5.41, 5.74) is 1.56. The Kier molecular flexibility index (Phi) is 32.4. The number of hydrogen-bond acceptors (Lipinski definition) is 24. The highest BCUT2D eigenvalue weighted by Crippen LogP contribution is 2.61. The molecule has 0 N–H and O–H groups in total. The van der Waals surface area contributed by atoms with Crippen LogP contribution in [0, 0.1) is 105 Å². The Morgan fingerprint density at radius 1 is 0.497 bits per heavy atom. The lowest BCUT2D eigenvalue weighted by Gasteiger charge is -2.35. The molecule has 6 aliphatic carbocycles. The van der Waals surface area contributed by atoms with Gasteiger partial charge in [0.05, 0.1) is 89.8 Å². The molecule has 5 aliphatic heterocycles. The number of aryl methyl sites for hydroxylation is 1. The molecule has 3 amide bonds. The number of likely N-dealkylation sites (tertiary alicyclic amines) is 1. The zero-order valence-electron chi connectivity index (χ0n) is 87.5. The van der Waals surface area contributed by atoms with Crippen LogP contribution in [0.1, 0.15) is 284 Å². The lowest BCUT2D eigenvalue weighted by Crippen LogP contribution is -2.50. The molecule has 11 aliphatic rings. The van der Waals surface area contributed by atoms with Gasteiger partial charge in [-0.15, -0.1) is 6.58 Å². The van der Waals surface area contributed by atoms with Gasteiger partial charge in [0.25, 0.3) is 0 Å². The number of benzene rings is 3. The second-order valence-electron chi connectivity index (χ2n) is 48.6. The lowest BCUT2D eigenvalue weighted by atomic mass is 9.77. The molecule has 0 radical (unpaired) electrons. The Hall–Kier alpha value is -9.60. The van der Waals surface area contributed by atoms with Gasteiger partial charge in [-0.2, -0.15) is 0 Å². The number of carbonyl (C=O) groups is 9.